The maximum absolute atomic E-state index is 12.2. The number of aliphatic hydroxyl groups excluding tert-OH is 1. The molecule has 20 heavy (non-hydrogen) atoms. The summed E-state index contributed by atoms with van der Waals surface area (Å²) in [6.07, 6.45) is -1.11. The SMILES string of the molecule is Cc1ccc(C(O)C(=O)c2ccc(N(C)C)cc2)cc1. The van der Waals surface area contributed by atoms with Gasteiger partial charge in [0.25, 0.3) is 0 Å². The number of hydrogen-bond donors (Lipinski definition) is 1. The molecule has 2 aromatic rings. The molecule has 0 fully saturated rings. The lowest BCUT2D eigenvalue weighted by Crippen LogP contribution is -2.13. The van der Waals surface area contributed by atoms with Crippen LogP contribution >= 0.6 is 0 Å². The Morgan fingerprint density at radius 2 is 1.55 bits per heavy atom. The molecule has 0 bridgehead atoms. The third-order valence-electron chi connectivity index (χ3n) is 3.31. The topological polar surface area (TPSA) is 40.5 Å². The van der Waals surface area contributed by atoms with E-state index in [4.69, 9.17) is 0 Å². The van der Waals surface area contributed by atoms with E-state index in [-0.39, 0.29) is 5.78 Å². The maximum Gasteiger partial charge on any atom is 0.195 e. The molecule has 0 aromatic heterocycles. The van der Waals surface area contributed by atoms with Gasteiger partial charge in [-0.2, -0.15) is 0 Å². The predicted molar refractivity (Wildman–Crippen MR) is 81.2 cm³/mol. The summed E-state index contributed by atoms with van der Waals surface area (Å²) in [5.74, 6) is -0.279. The summed E-state index contributed by atoms with van der Waals surface area (Å²) in [5.41, 5.74) is 3.26. The number of nitrogens with zero attached hydrogens (tertiary/aromatic N) is 1. The van der Waals surface area contributed by atoms with Gasteiger partial charge in [0, 0.05) is 25.3 Å². The van der Waals surface area contributed by atoms with Crippen molar-refractivity contribution in [2.45, 2.75) is 13.0 Å². The first-order valence-electron chi connectivity index (χ1n) is 6.55. The second-order valence-electron chi connectivity index (χ2n) is 5.12. The van der Waals surface area contributed by atoms with Crippen molar-refractivity contribution in [3.05, 3.63) is 65.2 Å². The van der Waals surface area contributed by atoms with E-state index in [9.17, 15) is 9.90 Å². The van der Waals surface area contributed by atoms with Gasteiger partial charge < -0.3 is 10.0 Å². The summed E-state index contributed by atoms with van der Waals surface area (Å²) >= 11 is 0. The fourth-order valence-electron chi connectivity index (χ4n) is 1.98. The molecule has 104 valence electrons. The molecule has 0 spiro atoms. The van der Waals surface area contributed by atoms with Gasteiger partial charge in [-0.05, 0) is 36.8 Å². The lowest BCUT2D eigenvalue weighted by molar-refractivity contribution is 0.0747. The maximum atomic E-state index is 12.2. The number of carbonyl (C=O) groups is 1. The number of rotatable bonds is 4. The lowest BCUT2D eigenvalue weighted by Gasteiger charge is -2.14. The van der Waals surface area contributed by atoms with Crippen LogP contribution in [0.15, 0.2) is 48.5 Å². The first-order chi connectivity index (χ1) is 9.49. The summed E-state index contributed by atoms with van der Waals surface area (Å²) in [5, 5.41) is 10.2. The summed E-state index contributed by atoms with van der Waals surface area (Å²) in [7, 11) is 3.88. The standard InChI is InChI=1S/C17H19NO2/c1-12-4-6-13(7-5-12)16(19)17(20)14-8-10-15(11-9-14)18(2)3/h4-11,16,19H,1-3H3. The number of ketones is 1. The van der Waals surface area contributed by atoms with E-state index in [1.807, 2.05) is 50.2 Å². The molecule has 0 saturated heterocycles. The Morgan fingerprint density at radius 3 is 2.05 bits per heavy atom. The summed E-state index contributed by atoms with van der Waals surface area (Å²) in [6, 6.07) is 14.6. The van der Waals surface area contributed by atoms with Crippen molar-refractivity contribution in [2.24, 2.45) is 0 Å². The highest BCUT2D eigenvalue weighted by molar-refractivity contribution is 6.00. The molecule has 3 nitrogen and oxygen atoms in total. The first kappa shape index (κ1) is 14.3. The van der Waals surface area contributed by atoms with E-state index in [1.54, 1.807) is 24.3 Å². The molecule has 1 unspecified atom stereocenters. The fourth-order valence-corrected chi connectivity index (χ4v) is 1.98. The molecule has 0 radical (unpaired) electrons. The number of aliphatic hydroxyl groups is 1. The van der Waals surface area contributed by atoms with Gasteiger partial charge >= 0.3 is 0 Å². The highest BCUT2D eigenvalue weighted by Gasteiger charge is 2.18. The first-order valence-corrected chi connectivity index (χ1v) is 6.55. The average molecular weight is 269 g/mol. The zero-order chi connectivity index (χ0) is 14.7. The number of hydrogen-bond acceptors (Lipinski definition) is 3. The van der Waals surface area contributed by atoms with Crippen LogP contribution in [0.3, 0.4) is 0 Å². The number of anilines is 1. The Labute approximate surface area is 119 Å². The molecule has 0 aliphatic heterocycles. The van der Waals surface area contributed by atoms with Gasteiger partial charge in [-0.15, -0.1) is 0 Å². The second-order valence-corrected chi connectivity index (χ2v) is 5.12. The van der Waals surface area contributed by atoms with E-state index >= 15 is 0 Å². The Morgan fingerprint density at radius 1 is 1.00 bits per heavy atom. The molecule has 1 N–H and O–H groups in total. The van der Waals surface area contributed by atoms with Crippen LogP contribution in [0, 0.1) is 6.92 Å². The number of benzene rings is 2. The fraction of sp³-hybridized carbons (Fsp3) is 0.235. The van der Waals surface area contributed by atoms with Crippen molar-refractivity contribution in [1.82, 2.24) is 0 Å². The molecule has 3 heteroatoms. The van der Waals surface area contributed by atoms with Crippen molar-refractivity contribution in [1.29, 1.82) is 0 Å². The average Bonchev–Trinajstić information content (AvgIpc) is 2.46. The van der Waals surface area contributed by atoms with Gasteiger partial charge in [0.15, 0.2) is 5.78 Å². The largest absolute Gasteiger partial charge is 0.380 e. The summed E-state index contributed by atoms with van der Waals surface area (Å²) in [6.45, 7) is 1.97. The minimum atomic E-state index is -1.11. The minimum Gasteiger partial charge on any atom is -0.380 e. The van der Waals surface area contributed by atoms with Gasteiger partial charge in [-0.1, -0.05) is 29.8 Å². The molecule has 0 aliphatic carbocycles. The van der Waals surface area contributed by atoms with Crippen molar-refractivity contribution in [2.75, 3.05) is 19.0 Å². The molecule has 1 atom stereocenters. The monoisotopic (exact) mass is 269 g/mol. The minimum absolute atomic E-state index is 0.279. The van der Waals surface area contributed by atoms with E-state index in [0.717, 1.165) is 11.3 Å². The van der Waals surface area contributed by atoms with Crippen LogP contribution < -0.4 is 4.90 Å². The number of aryl methyl sites for hydroxylation is 1. The molecule has 0 saturated carbocycles. The Kier molecular flexibility index (Phi) is 4.20. The molecule has 0 aliphatic rings. The van der Waals surface area contributed by atoms with Crippen molar-refractivity contribution >= 4 is 11.5 Å². The Hall–Kier alpha value is -2.13. The third kappa shape index (κ3) is 3.06. The van der Waals surface area contributed by atoms with E-state index in [2.05, 4.69) is 0 Å². The Bertz CT molecular complexity index is 585. The second kappa shape index (κ2) is 5.88. The molecule has 0 amide bonds. The highest BCUT2D eigenvalue weighted by Crippen LogP contribution is 2.20. The number of carbonyl (C=O) groups excluding carboxylic acids is 1. The lowest BCUT2D eigenvalue weighted by atomic mass is 9.99. The van der Waals surface area contributed by atoms with Gasteiger partial charge in [-0.25, -0.2) is 0 Å². The van der Waals surface area contributed by atoms with Crippen LogP contribution in [0.25, 0.3) is 0 Å². The highest BCUT2D eigenvalue weighted by atomic mass is 16.3. The zero-order valence-corrected chi connectivity index (χ0v) is 12.0. The summed E-state index contributed by atoms with van der Waals surface area (Å²) in [4.78, 5) is 14.2. The Balaban J connectivity index is 2.20. The van der Waals surface area contributed by atoms with E-state index < -0.39 is 6.10 Å². The third-order valence-corrected chi connectivity index (χ3v) is 3.31. The van der Waals surface area contributed by atoms with Crippen molar-refractivity contribution in [3.8, 4) is 0 Å². The predicted octanol–water partition coefficient (Wildman–Crippen LogP) is 2.98. The normalized spacial score (nSPS) is 12.0. The quantitative estimate of drug-likeness (QED) is 0.867. The van der Waals surface area contributed by atoms with Crippen LogP contribution in [0.5, 0.6) is 0 Å². The molecular formula is C17H19NO2. The van der Waals surface area contributed by atoms with Crippen molar-refractivity contribution in [3.63, 3.8) is 0 Å². The molecule has 0 heterocycles. The van der Waals surface area contributed by atoms with Gasteiger partial charge in [0.05, 0.1) is 0 Å². The van der Waals surface area contributed by atoms with Crippen LogP contribution in [-0.2, 0) is 0 Å². The molecule has 2 rings (SSSR count). The van der Waals surface area contributed by atoms with Crippen molar-refractivity contribution < 1.29 is 9.90 Å². The summed E-state index contributed by atoms with van der Waals surface area (Å²) < 4.78 is 0. The van der Waals surface area contributed by atoms with Gasteiger partial charge in [0.1, 0.15) is 6.10 Å². The van der Waals surface area contributed by atoms with Crippen LogP contribution in [0.4, 0.5) is 5.69 Å². The van der Waals surface area contributed by atoms with Crippen LogP contribution in [-0.4, -0.2) is 25.0 Å². The molecule has 2 aromatic carbocycles. The molecular weight excluding hydrogens is 250 g/mol. The zero-order valence-electron chi connectivity index (χ0n) is 12.0. The van der Waals surface area contributed by atoms with E-state index in [1.165, 1.54) is 0 Å². The van der Waals surface area contributed by atoms with Gasteiger partial charge in [-0.3, -0.25) is 4.79 Å². The van der Waals surface area contributed by atoms with Crippen LogP contribution in [0.2, 0.25) is 0 Å². The van der Waals surface area contributed by atoms with Gasteiger partial charge in [0.2, 0.25) is 0 Å². The smallest absolute Gasteiger partial charge is 0.195 e. The van der Waals surface area contributed by atoms with Crippen LogP contribution in [0.1, 0.15) is 27.6 Å². The number of Topliss-reactive ketones (excluding diaryl/α,β-unsaturated/α-hetero) is 1. The van der Waals surface area contributed by atoms with E-state index in [0.29, 0.717) is 11.1 Å².